The van der Waals surface area contributed by atoms with Gasteiger partial charge in [0.15, 0.2) is 11.5 Å². The van der Waals surface area contributed by atoms with E-state index in [0.717, 1.165) is 0 Å². The number of carbonyl (C=O) groups excluding carboxylic acids is 1. The number of methoxy groups -OCH3 is 3. The molecule has 0 aliphatic rings. The highest BCUT2D eigenvalue weighted by Crippen LogP contribution is 2.40. The van der Waals surface area contributed by atoms with Crippen molar-refractivity contribution in [3.63, 3.8) is 0 Å². The first kappa shape index (κ1) is 14.9. The van der Waals surface area contributed by atoms with Crippen LogP contribution in [0, 0.1) is 0 Å². The third kappa shape index (κ3) is 3.40. The van der Waals surface area contributed by atoms with E-state index < -0.39 is 12.1 Å². The summed E-state index contributed by atoms with van der Waals surface area (Å²) < 4.78 is 20.9. The molecule has 0 N–H and O–H groups in total. The Labute approximate surface area is 112 Å². The first-order valence-corrected chi connectivity index (χ1v) is 5.67. The molecular weight excluding hydrogens is 248 g/mol. The Balaban J connectivity index is 3.27. The topological polar surface area (TPSA) is 54.0 Å². The maximum Gasteiger partial charge on any atom is 0.303 e. The zero-order valence-electron chi connectivity index (χ0n) is 11.6. The van der Waals surface area contributed by atoms with Gasteiger partial charge in [0.05, 0.1) is 21.3 Å². The lowest BCUT2D eigenvalue weighted by molar-refractivity contribution is -0.144. The summed E-state index contributed by atoms with van der Waals surface area (Å²) in [6.07, 6.45) is 0.966. The minimum Gasteiger partial charge on any atom is -0.493 e. The van der Waals surface area contributed by atoms with Gasteiger partial charge < -0.3 is 18.9 Å². The van der Waals surface area contributed by atoms with E-state index in [4.69, 9.17) is 18.9 Å². The van der Waals surface area contributed by atoms with Gasteiger partial charge in [-0.15, -0.1) is 0 Å². The van der Waals surface area contributed by atoms with Gasteiger partial charge in [0, 0.05) is 12.5 Å². The molecule has 0 bridgehead atoms. The van der Waals surface area contributed by atoms with E-state index in [-0.39, 0.29) is 0 Å². The molecule has 0 saturated carbocycles. The van der Waals surface area contributed by atoms with Crippen molar-refractivity contribution in [1.29, 1.82) is 0 Å². The molecule has 1 atom stereocenters. The molecule has 0 amide bonds. The van der Waals surface area contributed by atoms with Crippen LogP contribution in [-0.2, 0) is 9.53 Å². The van der Waals surface area contributed by atoms with E-state index in [2.05, 4.69) is 6.58 Å². The maximum atomic E-state index is 11.1. The van der Waals surface area contributed by atoms with Crippen molar-refractivity contribution in [3.8, 4) is 17.2 Å². The predicted molar refractivity (Wildman–Crippen MR) is 70.8 cm³/mol. The lowest BCUT2D eigenvalue weighted by Gasteiger charge is -2.18. The van der Waals surface area contributed by atoms with E-state index in [1.54, 1.807) is 12.1 Å². The van der Waals surface area contributed by atoms with Gasteiger partial charge in [-0.25, -0.2) is 0 Å². The molecule has 0 spiro atoms. The fourth-order valence-corrected chi connectivity index (χ4v) is 1.70. The number of ether oxygens (including phenoxy) is 4. The number of carbonyl (C=O) groups is 1. The fraction of sp³-hybridized carbons (Fsp3) is 0.357. The molecule has 0 aromatic heterocycles. The summed E-state index contributed by atoms with van der Waals surface area (Å²) in [4.78, 5) is 11.1. The van der Waals surface area contributed by atoms with Crippen LogP contribution >= 0.6 is 0 Å². The van der Waals surface area contributed by atoms with Gasteiger partial charge >= 0.3 is 5.97 Å². The summed E-state index contributed by atoms with van der Waals surface area (Å²) in [7, 11) is 4.57. The van der Waals surface area contributed by atoms with Crippen molar-refractivity contribution in [2.24, 2.45) is 0 Å². The molecule has 0 aliphatic heterocycles. The highest BCUT2D eigenvalue weighted by molar-refractivity contribution is 5.67. The van der Waals surface area contributed by atoms with Crippen molar-refractivity contribution in [2.75, 3.05) is 21.3 Å². The van der Waals surface area contributed by atoms with Crippen LogP contribution in [0.15, 0.2) is 24.8 Å². The molecule has 5 nitrogen and oxygen atoms in total. The van der Waals surface area contributed by atoms with Gasteiger partial charge in [-0.2, -0.15) is 0 Å². The highest BCUT2D eigenvalue weighted by atomic mass is 16.5. The zero-order chi connectivity index (χ0) is 14.4. The average molecular weight is 266 g/mol. The molecule has 0 radical (unpaired) electrons. The summed E-state index contributed by atoms with van der Waals surface area (Å²) in [6.45, 7) is 5.00. The number of hydrogen-bond acceptors (Lipinski definition) is 5. The molecular formula is C14H18O5. The number of hydrogen-bond donors (Lipinski definition) is 0. The monoisotopic (exact) mass is 266 g/mol. The Morgan fingerprint density at radius 3 is 2.00 bits per heavy atom. The third-order valence-corrected chi connectivity index (χ3v) is 2.52. The molecule has 0 saturated heterocycles. The summed E-state index contributed by atoms with van der Waals surface area (Å²) in [5.41, 5.74) is 0.694. The minimum atomic E-state index is -0.564. The highest BCUT2D eigenvalue weighted by Gasteiger charge is 2.18. The molecule has 0 fully saturated rings. The van der Waals surface area contributed by atoms with E-state index >= 15 is 0 Å². The molecule has 1 aromatic carbocycles. The van der Waals surface area contributed by atoms with Crippen LogP contribution in [0.25, 0.3) is 0 Å². The van der Waals surface area contributed by atoms with Crippen LogP contribution in [0.2, 0.25) is 0 Å². The van der Waals surface area contributed by atoms with E-state index in [9.17, 15) is 4.79 Å². The lowest BCUT2D eigenvalue weighted by Crippen LogP contribution is -2.07. The third-order valence-electron chi connectivity index (χ3n) is 2.52. The Morgan fingerprint density at radius 1 is 1.16 bits per heavy atom. The normalized spacial score (nSPS) is 11.4. The molecule has 1 aromatic rings. The van der Waals surface area contributed by atoms with Gasteiger partial charge in [0.1, 0.15) is 6.10 Å². The van der Waals surface area contributed by atoms with Gasteiger partial charge in [-0.05, 0) is 18.2 Å². The van der Waals surface area contributed by atoms with Crippen LogP contribution in [0.4, 0.5) is 0 Å². The number of rotatable bonds is 6. The van der Waals surface area contributed by atoms with Crippen LogP contribution in [-0.4, -0.2) is 27.3 Å². The van der Waals surface area contributed by atoms with Crippen molar-refractivity contribution in [3.05, 3.63) is 30.4 Å². The van der Waals surface area contributed by atoms with Gasteiger partial charge in [-0.3, -0.25) is 4.79 Å². The Morgan fingerprint density at radius 2 is 1.68 bits per heavy atom. The molecule has 104 valence electrons. The Bertz CT molecular complexity index is 442. The van der Waals surface area contributed by atoms with Crippen molar-refractivity contribution in [1.82, 2.24) is 0 Å². The van der Waals surface area contributed by atoms with Crippen LogP contribution in [0.1, 0.15) is 18.6 Å². The van der Waals surface area contributed by atoms with Crippen molar-refractivity contribution in [2.45, 2.75) is 13.0 Å². The first-order valence-electron chi connectivity index (χ1n) is 5.67. The Hall–Kier alpha value is -2.17. The SMILES string of the molecule is C=CC(OC(C)=O)c1cc(OC)c(OC)c(OC)c1. The van der Waals surface area contributed by atoms with Crippen LogP contribution < -0.4 is 14.2 Å². The molecule has 19 heavy (non-hydrogen) atoms. The summed E-state index contributed by atoms with van der Waals surface area (Å²) in [6, 6.07) is 3.44. The van der Waals surface area contributed by atoms with E-state index in [1.807, 2.05) is 0 Å². The van der Waals surface area contributed by atoms with E-state index in [1.165, 1.54) is 34.3 Å². The second-order valence-electron chi connectivity index (χ2n) is 3.72. The van der Waals surface area contributed by atoms with Crippen LogP contribution in [0.5, 0.6) is 17.2 Å². The van der Waals surface area contributed by atoms with Gasteiger partial charge in [0.2, 0.25) is 5.75 Å². The molecule has 1 unspecified atom stereocenters. The summed E-state index contributed by atoms with van der Waals surface area (Å²) in [5.74, 6) is 1.09. The summed E-state index contributed by atoms with van der Waals surface area (Å²) in [5, 5.41) is 0. The molecule has 0 aliphatic carbocycles. The maximum absolute atomic E-state index is 11.1. The second kappa shape index (κ2) is 6.68. The van der Waals surface area contributed by atoms with Crippen LogP contribution in [0.3, 0.4) is 0 Å². The lowest BCUT2D eigenvalue weighted by atomic mass is 10.1. The standard InChI is InChI=1S/C14H18O5/c1-6-11(19-9(2)15)10-7-12(16-3)14(18-5)13(8-10)17-4/h6-8,11H,1H2,2-5H3. The predicted octanol–water partition coefficient (Wildman–Crippen LogP) is 2.50. The molecule has 0 heterocycles. The molecule has 1 rings (SSSR count). The van der Waals surface area contributed by atoms with Gasteiger partial charge in [-0.1, -0.05) is 6.58 Å². The average Bonchev–Trinajstić information content (AvgIpc) is 2.42. The van der Waals surface area contributed by atoms with E-state index in [0.29, 0.717) is 22.8 Å². The second-order valence-corrected chi connectivity index (χ2v) is 3.72. The zero-order valence-corrected chi connectivity index (χ0v) is 11.6. The number of esters is 1. The first-order chi connectivity index (χ1) is 9.07. The summed E-state index contributed by atoms with van der Waals surface area (Å²) >= 11 is 0. The van der Waals surface area contributed by atoms with Crippen molar-refractivity contribution >= 4 is 5.97 Å². The van der Waals surface area contributed by atoms with Crippen molar-refractivity contribution < 1.29 is 23.7 Å². The smallest absolute Gasteiger partial charge is 0.303 e. The number of benzene rings is 1. The van der Waals surface area contributed by atoms with Gasteiger partial charge in [0.25, 0.3) is 0 Å². The Kier molecular flexibility index (Phi) is 5.23. The largest absolute Gasteiger partial charge is 0.493 e. The fourth-order valence-electron chi connectivity index (χ4n) is 1.70. The minimum absolute atomic E-state index is 0.390. The molecule has 5 heteroatoms. The quantitative estimate of drug-likeness (QED) is 0.585.